The first-order valence-electron chi connectivity index (χ1n) is 5.78. The van der Waals surface area contributed by atoms with Gasteiger partial charge in [0.15, 0.2) is 0 Å². The van der Waals surface area contributed by atoms with Crippen molar-refractivity contribution in [2.45, 2.75) is 52.6 Å². The van der Waals surface area contributed by atoms with E-state index in [1.807, 2.05) is 27.7 Å². The molecule has 0 saturated carbocycles. The van der Waals surface area contributed by atoms with Gasteiger partial charge < -0.3 is 9.80 Å². The van der Waals surface area contributed by atoms with Crippen molar-refractivity contribution < 1.29 is 9.59 Å². The van der Waals surface area contributed by atoms with Gasteiger partial charge in [-0.25, -0.2) is 0 Å². The summed E-state index contributed by atoms with van der Waals surface area (Å²) in [4.78, 5) is 26.6. The largest absolute Gasteiger partial charge is 0.343 e. The molecule has 0 aliphatic heterocycles. The molecule has 0 aromatic heterocycles. The summed E-state index contributed by atoms with van der Waals surface area (Å²) < 4.78 is 0. The summed E-state index contributed by atoms with van der Waals surface area (Å²) in [5, 5.41) is 0. The van der Waals surface area contributed by atoms with E-state index in [-0.39, 0.29) is 23.9 Å². The highest BCUT2D eigenvalue weighted by atomic mass is 16.2. The number of carbonyl (C=O) groups is 2. The molecule has 0 unspecified atom stereocenters. The zero-order valence-corrected chi connectivity index (χ0v) is 11.3. The second-order valence-electron chi connectivity index (χ2n) is 4.70. The van der Waals surface area contributed by atoms with Crippen molar-refractivity contribution in [2.75, 3.05) is 14.1 Å². The summed E-state index contributed by atoms with van der Waals surface area (Å²) in [5.74, 6) is 0.0565. The van der Waals surface area contributed by atoms with Crippen LogP contribution >= 0.6 is 0 Å². The van der Waals surface area contributed by atoms with Gasteiger partial charge in [0.25, 0.3) is 0 Å². The molecule has 0 N–H and O–H groups in total. The van der Waals surface area contributed by atoms with Gasteiger partial charge in [-0.05, 0) is 27.7 Å². The lowest BCUT2D eigenvalue weighted by Crippen LogP contribution is -2.36. The summed E-state index contributed by atoms with van der Waals surface area (Å²) in [6.45, 7) is 7.83. The van der Waals surface area contributed by atoms with Gasteiger partial charge in [0, 0.05) is 39.0 Å². The molecule has 0 aliphatic carbocycles. The van der Waals surface area contributed by atoms with E-state index < -0.39 is 0 Å². The molecule has 0 saturated heterocycles. The van der Waals surface area contributed by atoms with E-state index in [2.05, 4.69) is 0 Å². The van der Waals surface area contributed by atoms with Crippen LogP contribution in [0.1, 0.15) is 40.5 Å². The van der Waals surface area contributed by atoms with Crippen molar-refractivity contribution in [3.63, 3.8) is 0 Å². The molecule has 0 aliphatic rings. The lowest BCUT2D eigenvalue weighted by molar-refractivity contribution is -0.137. The number of hydrogen-bond donors (Lipinski definition) is 0. The SMILES string of the molecule is CC(C)N(C)C(=O)CCC(=O)N(C)C(C)C. The van der Waals surface area contributed by atoms with Crippen molar-refractivity contribution in [3.8, 4) is 0 Å². The summed E-state index contributed by atoms with van der Waals surface area (Å²) in [7, 11) is 3.53. The average Bonchev–Trinajstić information content (AvgIpc) is 2.22. The molecule has 4 heteroatoms. The van der Waals surface area contributed by atoms with Gasteiger partial charge in [-0.3, -0.25) is 9.59 Å². The molecule has 0 spiro atoms. The van der Waals surface area contributed by atoms with Gasteiger partial charge in [-0.2, -0.15) is 0 Å². The van der Waals surface area contributed by atoms with Gasteiger partial charge in [-0.15, -0.1) is 0 Å². The highest BCUT2D eigenvalue weighted by Crippen LogP contribution is 2.04. The molecule has 2 amide bonds. The predicted octanol–water partition coefficient (Wildman–Crippen LogP) is 1.50. The fraction of sp³-hybridized carbons (Fsp3) is 0.833. The predicted molar refractivity (Wildman–Crippen MR) is 65.0 cm³/mol. The van der Waals surface area contributed by atoms with Crippen LogP contribution in [0, 0.1) is 0 Å². The van der Waals surface area contributed by atoms with E-state index in [9.17, 15) is 9.59 Å². The number of amides is 2. The van der Waals surface area contributed by atoms with Crippen molar-refractivity contribution >= 4 is 11.8 Å². The molecule has 0 aromatic carbocycles. The van der Waals surface area contributed by atoms with E-state index in [4.69, 9.17) is 0 Å². The summed E-state index contributed by atoms with van der Waals surface area (Å²) in [5.41, 5.74) is 0. The molecular formula is C12H24N2O2. The van der Waals surface area contributed by atoms with Gasteiger partial charge in [-0.1, -0.05) is 0 Å². The van der Waals surface area contributed by atoms with Crippen molar-refractivity contribution in [3.05, 3.63) is 0 Å². The minimum atomic E-state index is 0.0282. The highest BCUT2D eigenvalue weighted by Gasteiger charge is 2.16. The maximum atomic E-state index is 11.6. The Morgan fingerprint density at radius 1 is 0.812 bits per heavy atom. The van der Waals surface area contributed by atoms with Crippen LogP contribution in [0.3, 0.4) is 0 Å². The van der Waals surface area contributed by atoms with E-state index in [0.717, 1.165) is 0 Å². The minimum Gasteiger partial charge on any atom is -0.343 e. The Kier molecular flexibility index (Phi) is 6.08. The zero-order chi connectivity index (χ0) is 12.9. The lowest BCUT2D eigenvalue weighted by atomic mass is 10.2. The van der Waals surface area contributed by atoms with Crippen LogP contribution in [0.2, 0.25) is 0 Å². The Morgan fingerprint density at radius 3 is 1.25 bits per heavy atom. The Labute approximate surface area is 98.6 Å². The molecule has 0 radical (unpaired) electrons. The molecule has 0 rings (SSSR count). The van der Waals surface area contributed by atoms with Crippen molar-refractivity contribution in [1.29, 1.82) is 0 Å². The first-order chi connectivity index (χ1) is 7.27. The fourth-order valence-corrected chi connectivity index (χ4v) is 1.14. The quantitative estimate of drug-likeness (QED) is 0.715. The highest BCUT2D eigenvalue weighted by molar-refractivity contribution is 5.83. The Bertz CT molecular complexity index is 223. The normalized spacial score (nSPS) is 10.8. The van der Waals surface area contributed by atoms with Crippen molar-refractivity contribution in [2.24, 2.45) is 0 Å². The van der Waals surface area contributed by atoms with E-state index in [1.54, 1.807) is 23.9 Å². The monoisotopic (exact) mass is 228 g/mol. The van der Waals surface area contributed by atoms with Gasteiger partial charge in [0.2, 0.25) is 11.8 Å². The fourth-order valence-electron chi connectivity index (χ4n) is 1.14. The number of nitrogens with zero attached hydrogens (tertiary/aromatic N) is 2. The summed E-state index contributed by atoms with van der Waals surface area (Å²) in [6, 6.07) is 0.371. The van der Waals surface area contributed by atoms with Gasteiger partial charge in [0.05, 0.1) is 0 Å². The van der Waals surface area contributed by atoms with Crippen LogP contribution in [0.25, 0.3) is 0 Å². The third kappa shape index (κ3) is 4.64. The van der Waals surface area contributed by atoms with Gasteiger partial charge in [0.1, 0.15) is 0 Å². The molecule has 0 heterocycles. The topological polar surface area (TPSA) is 40.6 Å². The minimum absolute atomic E-state index is 0.0282. The summed E-state index contributed by atoms with van der Waals surface area (Å²) >= 11 is 0. The van der Waals surface area contributed by atoms with Crippen LogP contribution in [0.15, 0.2) is 0 Å². The Morgan fingerprint density at radius 2 is 1.06 bits per heavy atom. The first-order valence-corrected chi connectivity index (χ1v) is 5.78. The summed E-state index contributed by atoms with van der Waals surface area (Å²) in [6.07, 6.45) is 0.592. The first kappa shape index (κ1) is 14.9. The molecule has 0 aromatic rings. The molecule has 4 nitrogen and oxygen atoms in total. The van der Waals surface area contributed by atoms with Crippen LogP contribution < -0.4 is 0 Å². The van der Waals surface area contributed by atoms with Gasteiger partial charge >= 0.3 is 0 Å². The third-order valence-electron chi connectivity index (χ3n) is 2.89. The van der Waals surface area contributed by atoms with Crippen LogP contribution in [0.4, 0.5) is 0 Å². The third-order valence-corrected chi connectivity index (χ3v) is 2.89. The molecule has 0 atom stereocenters. The molecule has 0 bridgehead atoms. The van der Waals surface area contributed by atoms with E-state index in [0.29, 0.717) is 12.8 Å². The number of rotatable bonds is 5. The molecule has 0 fully saturated rings. The second-order valence-corrected chi connectivity index (χ2v) is 4.70. The zero-order valence-electron chi connectivity index (χ0n) is 11.3. The maximum Gasteiger partial charge on any atom is 0.223 e. The Balaban J connectivity index is 4.07. The van der Waals surface area contributed by atoms with Crippen LogP contribution in [-0.4, -0.2) is 47.8 Å². The number of hydrogen-bond acceptors (Lipinski definition) is 2. The molecule has 16 heavy (non-hydrogen) atoms. The number of carbonyl (C=O) groups excluding carboxylic acids is 2. The maximum absolute atomic E-state index is 11.6. The van der Waals surface area contributed by atoms with E-state index in [1.165, 1.54) is 0 Å². The van der Waals surface area contributed by atoms with Crippen LogP contribution in [-0.2, 0) is 9.59 Å². The van der Waals surface area contributed by atoms with Crippen molar-refractivity contribution in [1.82, 2.24) is 9.80 Å². The second kappa shape index (κ2) is 6.51. The standard InChI is InChI=1S/C12H24N2O2/c1-9(2)13(5)11(15)7-8-12(16)14(6)10(3)4/h9-10H,7-8H2,1-6H3. The van der Waals surface area contributed by atoms with Crippen LogP contribution in [0.5, 0.6) is 0 Å². The lowest BCUT2D eigenvalue weighted by Gasteiger charge is -2.23. The molecular weight excluding hydrogens is 204 g/mol. The smallest absolute Gasteiger partial charge is 0.223 e. The Hall–Kier alpha value is -1.06. The average molecular weight is 228 g/mol. The molecule has 94 valence electrons. The van der Waals surface area contributed by atoms with E-state index >= 15 is 0 Å².